The summed E-state index contributed by atoms with van der Waals surface area (Å²) in [6, 6.07) is 11.5. The van der Waals surface area contributed by atoms with Gasteiger partial charge in [-0.25, -0.2) is 14.5 Å². The number of thioether (sulfide) groups is 1. The van der Waals surface area contributed by atoms with Crippen molar-refractivity contribution in [2.45, 2.75) is 57.3 Å². The fraction of sp³-hybridized carbons (Fsp3) is 0.391. The lowest BCUT2D eigenvalue weighted by Gasteiger charge is -2.39. The van der Waals surface area contributed by atoms with Crippen molar-refractivity contribution in [3.05, 3.63) is 58.5 Å². The Morgan fingerprint density at radius 3 is 2.57 bits per heavy atom. The third-order valence-corrected chi connectivity index (χ3v) is 6.60. The number of carbonyl (C=O) groups is 1. The molecule has 7 heteroatoms. The zero-order chi connectivity index (χ0) is 21.3. The first-order valence-electron chi connectivity index (χ1n) is 10.3. The van der Waals surface area contributed by atoms with Crippen molar-refractivity contribution in [2.75, 3.05) is 5.75 Å². The summed E-state index contributed by atoms with van der Waals surface area (Å²) >= 11 is 1.30. The fourth-order valence-electron chi connectivity index (χ4n) is 4.12. The fourth-order valence-corrected chi connectivity index (χ4v) is 4.99. The summed E-state index contributed by atoms with van der Waals surface area (Å²) in [5.74, 6) is 0.842. The molecule has 1 saturated heterocycles. The van der Waals surface area contributed by atoms with E-state index in [9.17, 15) is 9.59 Å². The molecule has 30 heavy (non-hydrogen) atoms. The molecule has 0 aliphatic carbocycles. The summed E-state index contributed by atoms with van der Waals surface area (Å²) < 4.78 is 1.52. The maximum Gasteiger partial charge on any atom is 0.267 e. The Morgan fingerprint density at radius 2 is 1.87 bits per heavy atom. The van der Waals surface area contributed by atoms with Crippen LogP contribution in [0.5, 0.6) is 0 Å². The van der Waals surface area contributed by atoms with E-state index in [0.29, 0.717) is 21.9 Å². The van der Waals surface area contributed by atoms with Crippen LogP contribution in [0.2, 0.25) is 0 Å². The zero-order valence-electron chi connectivity index (χ0n) is 17.5. The molecule has 3 aromatic rings. The average molecular weight is 423 g/mol. The van der Waals surface area contributed by atoms with Gasteiger partial charge < -0.3 is 4.90 Å². The lowest BCUT2D eigenvalue weighted by molar-refractivity contribution is -0.134. The van der Waals surface area contributed by atoms with Crippen LogP contribution in [0, 0.1) is 6.92 Å². The number of rotatable bonds is 4. The van der Waals surface area contributed by atoms with E-state index in [4.69, 9.17) is 4.98 Å². The molecule has 1 fully saturated rings. The molecule has 4 rings (SSSR count). The molecule has 1 aromatic carbocycles. The number of aryl methyl sites for hydroxylation is 1. The van der Waals surface area contributed by atoms with Crippen LogP contribution in [0.15, 0.2) is 52.5 Å². The van der Waals surface area contributed by atoms with Gasteiger partial charge in [-0.15, -0.1) is 0 Å². The third-order valence-electron chi connectivity index (χ3n) is 5.68. The first kappa shape index (κ1) is 20.6. The molecule has 3 heterocycles. The second-order valence-electron chi connectivity index (χ2n) is 7.96. The van der Waals surface area contributed by atoms with Crippen molar-refractivity contribution >= 4 is 28.6 Å². The maximum absolute atomic E-state index is 13.3. The predicted molar refractivity (Wildman–Crippen MR) is 120 cm³/mol. The van der Waals surface area contributed by atoms with Crippen LogP contribution >= 0.6 is 11.8 Å². The van der Waals surface area contributed by atoms with Crippen molar-refractivity contribution in [2.24, 2.45) is 0 Å². The van der Waals surface area contributed by atoms with Gasteiger partial charge in [-0.3, -0.25) is 9.59 Å². The SMILES string of the molecule is Cc1ccc(-n2c(SCC(=O)N3C(C)CCCC3C)nc3ccccc3c2=O)nc1. The van der Waals surface area contributed by atoms with Gasteiger partial charge in [-0.2, -0.15) is 0 Å². The largest absolute Gasteiger partial charge is 0.337 e. The minimum atomic E-state index is -0.174. The summed E-state index contributed by atoms with van der Waals surface area (Å²) in [4.78, 5) is 37.4. The van der Waals surface area contributed by atoms with Gasteiger partial charge in [0.2, 0.25) is 5.91 Å². The van der Waals surface area contributed by atoms with Crippen molar-refractivity contribution in [1.29, 1.82) is 0 Å². The second-order valence-corrected chi connectivity index (χ2v) is 8.91. The highest BCUT2D eigenvalue weighted by Crippen LogP contribution is 2.26. The molecule has 6 nitrogen and oxygen atoms in total. The van der Waals surface area contributed by atoms with Crippen molar-refractivity contribution in [1.82, 2.24) is 19.4 Å². The molecular formula is C23H26N4O2S. The third kappa shape index (κ3) is 3.99. The smallest absolute Gasteiger partial charge is 0.267 e. The van der Waals surface area contributed by atoms with E-state index >= 15 is 0 Å². The maximum atomic E-state index is 13.3. The number of fused-ring (bicyclic) bond motifs is 1. The zero-order valence-corrected chi connectivity index (χ0v) is 18.4. The van der Waals surface area contributed by atoms with Crippen LogP contribution in [0.4, 0.5) is 0 Å². The quantitative estimate of drug-likeness (QED) is 0.470. The Labute approximate surface area is 180 Å². The molecular weight excluding hydrogens is 396 g/mol. The van der Waals surface area contributed by atoms with E-state index in [1.807, 2.05) is 42.2 Å². The van der Waals surface area contributed by atoms with Gasteiger partial charge in [0.1, 0.15) is 5.82 Å². The number of benzene rings is 1. The van der Waals surface area contributed by atoms with E-state index in [0.717, 1.165) is 24.8 Å². The normalized spacial score (nSPS) is 19.2. The molecule has 2 unspecified atom stereocenters. The van der Waals surface area contributed by atoms with Crippen molar-refractivity contribution < 1.29 is 4.79 Å². The van der Waals surface area contributed by atoms with Gasteiger partial charge in [0.25, 0.3) is 5.56 Å². The monoisotopic (exact) mass is 422 g/mol. The first-order chi connectivity index (χ1) is 14.5. The molecule has 2 aromatic heterocycles. The highest BCUT2D eigenvalue weighted by atomic mass is 32.2. The molecule has 156 valence electrons. The molecule has 0 radical (unpaired) electrons. The Morgan fingerprint density at radius 1 is 1.13 bits per heavy atom. The molecule has 0 saturated carbocycles. The van der Waals surface area contributed by atoms with E-state index < -0.39 is 0 Å². The second kappa shape index (κ2) is 8.60. The van der Waals surface area contributed by atoms with Crippen LogP contribution in [0.3, 0.4) is 0 Å². The Kier molecular flexibility index (Phi) is 5.90. The van der Waals surface area contributed by atoms with Crippen molar-refractivity contribution in [3.63, 3.8) is 0 Å². The Bertz CT molecular complexity index is 1120. The molecule has 0 bridgehead atoms. The first-order valence-corrected chi connectivity index (χ1v) is 11.3. The van der Waals surface area contributed by atoms with E-state index in [-0.39, 0.29) is 29.3 Å². The Hall–Kier alpha value is -2.67. The molecule has 2 atom stereocenters. The molecule has 1 aliphatic heterocycles. The number of likely N-dealkylation sites (tertiary alicyclic amines) is 1. The average Bonchev–Trinajstić information content (AvgIpc) is 2.73. The number of aromatic nitrogens is 3. The minimum Gasteiger partial charge on any atom is -0.337 e. The van der Waals surface area contributed by atoms with Crippen LogP contribution in [-0.2, 0) is 4.79 Å². The van der Waals surface area contributed by atoms with Gasteiger partial charge in [0.15, 0.2) is 5.16 Å². The van der Waals surface area contributed by atoms with Crippen LogP contribution < -0.4 is 5.56 Å². The number of nitrogens with zero attached hydrogens (tertiary/aromatic N) is 4. The van der Waals surface area contributed by atoms with Gasteiger partial charge in [-0.1, -0.05) is 30.0 Å². The highest BCUT2D eigenvalue weighted by Gasteiger charge is 2.29. The number of para-hydroxylation sites is 1. The van der Waals surface area contributed by atoms with E-state index in [2.05, 4.69) is 18.8 Å². The molecule has 0 N–H and O–H groups in total. The van der Waals surface area contributed by atoms with E-state index in [1.54, 1.807) is 12.3 Å². The minimum absolute atomic E-state index is 0.0884. The number of pyridine rings is 1. The standard InChI is InChI=1S/C23H26N4O2S/c1-15-11-12-20(24-13-15)27-22(29)18-9-4-5-10-19(18)25-23(27)30-14-21(28)26-16(2)7-6-8-17(26)3/h4-5,9-13,16-17H,6-8,14H2,1-3H3. The number of piperidine rings is 1. The van der Waals surface area contributed by atoms with Crippen LogP contribution in [0.25, 0.3) is 16.7 Å². The molecule has 1 aliphatic rings. The number of amides is 1. The predicted octanol–water partition coefficient (Wildman–Crippen LogP) is 3.97. The van der Waals surface area contributed by atoms with Crippen molar-refractivity contribution in [3.8, 4) is 5.82 Å². The lowest BCUT2D eigenvalue weighted by atomic mass is 9.98. The number of carbonyl (C=O) groups excluding carboxylic acids is 1. The van der Waals surface area contributed by atoms with Crippen LogP contribution in [0.1, 0.15) is 38.7 Å². The molecule has 0 spiro atoms. The van der Waals surface area contributed by atoms with Gasteiger partial charge in [0, 0.05) is 18.3 Å². The number of hydrogen-bond donors (Lipinski definition) is 0. The summed E-state index contributed by atoms with van der Waals surface area (Å²) in [6.07, 6.45) is 4.96. The summed E-state index contributed by atoms with van der Waals surface area (Å²) in [5, 5.41) is 1.02. The van der Waals surface area contributed by atoms with E-state index in [1.165, 1.54) is 16.3 Å². The van der Waals surface area contributed by atoms with Gasteiger partial charge in [-0.05, 0) is 63.8 Å². The highest BCUT2D eigenvalue weighted by molar-refractivity contribution is 7.99. The summed E-state index contributed by atoms with van der Waals surface area (Å²) in [7, 11) is 0. The van der Waals surface area contributed by atoms with Crippen LogP contribution in [-0.4, -0.2) is 43.2 Å². The lowest BCUT2D eigenvalue weighted by Crippen LogP contribution is -2.48. The number of hydrogen-bond acceptors (Lipinski definition) is 5. The van der Waals surface area contributed by atoms with Gasteiger partial charge >= 0.3 is 0 Å². The van der Waals surface area contributed by atoms with Gasteiger partial charge in [0.05, 0.1) is 16.7 Å². The molecule has 1 amide bonds. The summed E-state index contributed by atoms with van der Waals surface area (Å²) in [6.45, 7) is 6.17. The Balaban J connectivity index is 1.70. The topological polar surface area (TPSA) is 68.1 Å². The summed E-state index contributed by atoms with van der Waals surface area (Å²) in [5.41, 5.74) is 1.46.